The number of aromatic nitrogens is 2. The van der Waals surface area contributed by atoms with Gasteiger partial charge in [0.15, 0.2) is 0 Å². The van der Waals surface area contributed by atoms with E-state index in [0.717, 1.165) is 28.1 Å². The van der Waals surface area contributed by atoms with Gasteiger partial charge in [-0.2, -0.15) is 5.10 Å². The molecule has 174 valence electrons. The molecule has 0 saturated heterocycles. The van der Waals surface area contributed by atoms with Gasteiger partial charge in [0.1, 0.15) is 17.2 Å². The third kappa shape index (κ3) is 4.48. The Hall–Kier alpha value is -3.26. The molecular formula is C25H27F2N3O3. The molecule has 1 aliphatic heterocycles. The van der Waals surface area contributed by atoms with Gasteiger partial charge in [-0.25, -0.2) is 13.6 Å². The second kappa shape index (κ2) is 8.59. The third-order valence-corrected chi connectivity index (χ3v) is 6.05. The topological polar surface area (TPSA) is 78.5 Å². The van der Waals surface area contributed by atoms with Crippen LogP contribution in [0.4, 0.5) is 8.78 Å². The van der Waals surface area contributed by atoms with Crippen LogP contribution in [0.25, 0.3) is 17.0 Å². The van der Waals surface area contributed by atoms with E-state index in [1.54, 1.807) is 12.3 Å². The molecule has 8 heteroatoms. The van der Waals surface area contributed by atoms with Crippen molar-refractivity contribution >= 4 is 22.9 Å². The highest BCUT2D eigenvalue weighted by atomic mass is 19.1. The normalized spacial score (nSPS) is 19.2. The quantitative estimate of drug-likeness (QED) is 0.518. The second-order valence-corrected chi connectivity index (χ2v) is 9.10. The van der Waals surface area contributed by atoms with Gasteiger partial charge in [0.25, 0.3) is 0 Å². The maximum absolute atomic E-state index is 15.7. The van der Waals surface area contributed by atoms with Crippen LogP contribution in [0, 0.1) is 5.82 Å². The maximum Gasteiger partial charge on any atom is 0.328 e. The minimum Gasteiger partial charge on any atom is -0.496 e. The van der Waals surface area contributed by atoms with Crippen LogP contribution in [0.5, 0.6) is 5.75 Å². The van der Waals surface area contributed by atoms with Crippen molar-refractivity contribution in [1.82, 2.24) is 15.1 Å². The Morgan fingerprint density at radius 2 is 2.15 bits per heavy atom. The largest absolute Gasteiger partial charge is 0.496 e. The maximum atomic E-state index is 15.7. The summed E-state index contributed by atoms with van der Waals surface area (Å²) in [6, 6.07) is 6.05. The number of aliphatic carboxylic acids is 1. The lowest BCUT2D eigenvalue weighted by molar-refractivity contribution is -0.131. The number of benzene rings is 2. The number of carbonyl (C=O) groups is 1. The first-order valence-electron chi connectivity index (χ1n) is 10.8. The van der Waals surface area contributed by atoms with Crippen LogP contribution < -0.4 is 4.74 Å². The van der Waals surface area contributed by atoms with Crippen LogP contribution in [0.1, 0.15) is 49.1 Å². The zero-order valence-electron chi connectivity index (χ0n) is 19.0. The van der Waals surface area contributed by atoms with Crippen molar-refractivity contribution < 1.29 is 23.4 Å². The molecule has 33 heavy (non-hydrogen) atoms. The monoisotopic (exact) mass is 455 g/mol. The highest BCUT2D eigenvalue weighted by molar-refractivity contribution is 5.85. The molecule has 2 atom stereocenters. The van der Waals surface area contributed by atoms with Crippen molar-refractivity contribution in [3.05, 3.63) is 64.6 Å². The van der Waals surface area contributed by atoms with Crippen LogP contribution in [0.2, 0.25) is 0 Å². The molecule has 0 bridgehead atoms. The van der Waals surface area contributed by atoms with E-state index in [1.807, 2.05) is 24.0 Å². The molecule has 0 saturated carbocycles. The second-order valence-electron chi connectivity index (χ2n) is 9.10. The molecule has 2 aromatic carbocycles. The smallest absolute Gasteiger partial charge is 0.328 e. The summed E-state index contributed by atoms with van der Waals surface area (Å²) in [7, 11) is 1.44. The predicted molar refractivity (Wildman–Crippen MR) is 123 cm³/mol. The lowest BCUT2D eigenvalue weighted by Crippen LogP contribution is -2.48. The molecule has 1 aliphatic rings. The molecule has 0 fully saturated rings. The van der Waals surface area contributed by atoms with Gasteiger partial charge in [0.2, 0.25) is 0 Å². The average Bonchev–Trinajstić information content (AvgIpc) is 3.21. The summed E-state index contributed by atoms with van der Waals surface area (Å²) in [6.07, 6.45) is 4.69. The number of H-pyrrole nitrogens is 1. The zero-order valence-corrected chi connectivity index (χ0v) is 19.0. The molecular weight excluding hydrogens is 428 g/mol. The number of carboxylic acid groups (broad SMARTS) is 1. The van der Waals surface area contributed by atoms with Crippen molar-refractivity contribution in [2.45, 2.75) is 44.9 Å². The summed E-state index contributed by atoms with van der Waals surface area (Å²) >= 11 is 0. The van der Waals surface area contributed by atoms with Gasteiger partial charge in [-0.3, -0.25) is 10.00 Å². The summed E-state index contributed by atoms with van der Waals surface area (Å²) in [6.45, 7) is 5.14. The fourth-order valence-electron chi connectivity index (χ4n) is 4.74. The first-order valence-corrected chi connectivity index (χ1v) is 10.8. The summed E-state index contributed by atoms with van der Waals surface area (Å²) in [5.41, 5.74) is 1.96. The average molecular weight is 456 g/mol. The van der Waals surface area contributed by atoms with Crippen molar-refractivity contribution in [3.8, 4) is 5.75 Å². The SMILES string of the molecule is COc1cc(/C=C/C(=O)O)cc(F)c1[C@@H]1c2ccc3[nH]ncc3c2C[C@@H](C)N1CC(C)(C)F. The van der Waals surface area contributed by atoms with Gasteiger partial charge < -0.3 is 9.84 Å². The number of halogens is 2. The van der Waals surface area contributed by atoms with E-state index in [9.17, 15) is 9.18 Å². The van der Waals surface area contributed by atoms with Crippen LogP contribution in [-0.2, 0) is 11.2 Å². The standard InChI is InChI=1S/C25H27F2N3O3/c1-14-9-17-16(6-7-20-18(17)12-28-29-20)24(30(14)13-25(2,3)27)23-19(26)10-15(5-8-22(31)32)11-21(23)33-4/h5-8,10-12,14,24H,9,13H2,1-4H3,(H,28,29)(H,31,32)/b8-5+/t14-,24+/m1/s1. The van der Waals surface area contributed by atoms with Gasteiger partial charge in [-0.1, -0.05) is 6.07 Å². The van der Waals surface area contributed by atoms with Gasteiger partial charge in [-0.05, 0) is 68.2 Å². The number of methoxy groups -OCH3 is 1. The molecule has 4 rings (SSSR count). The molecule has 0 aliphatic carbocycles. The Morgan fingerprint density at radius 3 is 2.82 bits per heavy atom. The van der Waals surface area contributed by atoms with Crippen LogP contribution >= 0.6 is 0 Å². The summed E-state index contributed by atoms with van der Waals surface area (Å²) in [5, 5.41) is 17.0. The number of rotatable bonds is 6. The number of nitrogens with zero attached hydrogens (tertiary/aromatic N) is 2. The number of fused-ring (bicyclic) bond motifs is 3. The molecule has 2 heterocycles. The Bertz CT molecular complexity index is 1230. The van der Waals surface area contributed by atoms with Crippen LogP contribution in [0.3, 0.4) is 0 Å². The van der Waals surface area contributed by atoms with E-state index in [4.69, 9.17) is 9.84 Å². The molecule has 1 aromatic heterocycles. The number of ether oxygens (including phenoxy) is 1. The number of hydrogen-bond acceptors (Lipinski definition) is 4. The highest BCUT2D eigenvalue weighted by Crippen LogP contribution is 2.45. The number of carboxylic acids is 1. The first kappa shape index (κ1) is 22.9. The lowest BCUT2D eigenvalue weighted by atomic mass is 9.82. The number of alkyl halides is 1. The summed E-state index contributed by atoms with van der Waals surface area (Å²) < 4.78 is 36.1. The number of hydrogen-bond donors (Lipinski definition) is 2. The van der Waals surface area contributed by atoms with Crippen molar-refractivity contribution in [3.63, 3.8) is 0 Å². The van der Waals surface area contributed by atoms with Crippen LogP contribution in [0.15, 0.2) is 36.5 Å². The first-order chi connectivity index (χ1) is 15.6. The van der Waals surface area contributed by atoms with Gasteiger partial charge in [0, 0.05) is 24.0 Å². The van der Waals surface area contributed by atoms with E-state index in [-0.39, 0.29) is 18.3 Å². The van der Waals surface area contributed by atoms with E-state index >= 15 is 4.39 Å². The van der Waals surface area contributed by atoms with Crippen molar-refractivity contribution in [1.29, 1.82) is 0 Å². The predicted octanol–water partition coefficient (Wildman–Crippen LogP) is 4.89. The number of aromatic amines is 1. The fraction of sp³-hybridized carbons (Fsp3) is 0.360. The highest BCUT2D eigenvalue weighted by Gasteiger charge is 2.40. The molecule has 2 N–H and O–H groups in total. The van der Waals surface area contributed by atoms with Gasteiger partial charge in [-0.15, -0.1) is 0 Å². The van der Waals surface area contributed by atoms with E-state index in [2.05, 4.69) is 10.2 Å². The molecule has 0 unspecified atom stereocenters. The summed E-state index contributed by atoms with van der Waals surface area (Å²) in [4.78, 5) is 12.9. The molecule has 3 aromatic rings. The minimum atomic E-state index is -1.50. The van der Waals surface area contributed by atoms with Crippen LogP contribution in [-0.4, -0.2) is 51.5 Å². The van der Waals surface area contributed by atoms with E-state index < -0.39 is 23.5 Å². The Morgan fingerprint density at radius 1 is 1.39 bits per heavy atom. The van der Waals surface area contributed by atoms with Crippen molar-refractivity contribution in [2.75, 3.05) is 13.7 Å². The molecule has 0 radical (unpaired) electrons. The minimum absolute atomic E-state index is 0.0753. The van der Waals surface area contributed by atoms with Gasteiger partial charge >= 0.3 is 5.97 Å². The van der Waals surface area contributed by atoms with E-state index in [0.29, 0.717) is 17.5 Å². The molecule has 0 amide bonds. The van der Waals surface area contributed by atoms with Gasteiger partial charge in [0.05, 0.1) is 30.4 Å². The number of nitrogens with one attached hydrogen (secondary N) is 1. The Labute approximate surface area is 190 Å². The Balaban J connectivity index is 1.94. The Kier molecular flexibility index (Phi) is 5.97. The fourth-order valence-corrected chi connectivity index (χ4v) is 4.74. The van der Waals surface area contributed by atoms with Crippen molar-refractivity contribution in [2.24, 2.45) is 0 Å². The summed E-state index contributed by atoms with van der Waals surface area (Å²) in [5.74, 6) is -1.40. The molecule has 0 spiro atoms. The zero-order chi connectivity index (χ0) is 23.9. The molecule has 6 nitrogen and oxygen atoms in total. The lowest BCUT2D eigenvalue weighted by Gasteiger charge is -2.44. The van der Waals surface area contributed by atoms with E-state index in [1.165, 1.54) is 33.1 Å². The third-order valence-electron chi connectivity index (χ3n) is 6.05.